The number of fused-ring (bicyclic) bond motifs is 3. The highest BCUT2D eigenvalue weighted by Crippen LogP contribution is 2.23. The fourth-order valence-corrected chi connectivity index (χ4v) is 2.80. The summed E-state index contributed by atoms with van der Waals surface area (Å²) in [6, 6.07) is 7.54. The molecule has 7 heteroatoms. The van der Waals surface area contributed by atoms with Gasteiger partial charge in [-0.25, -0.2) is 4.98 Å². The summed E-state index contributed by atoms with van der Waals surface area (Å²) in [5.74, 6) is 1.72. The zero-order valence-corrected chi connectivity index (χ0v) is 13.5. The SMILES string of the molecule is COc1ccc(C)cc1-n1ccc2c(cnc3nc(C)nn32)c1=O. The van der Waals surface area contributed by atoms with Crippen molar-refractivity contribution in [1.82, 2.24) is 24.1 Å². The van der Waals surface area contributed by atoms with Gasteiger partial charge in [0.15, 0.2) is 0 Å². The molecule has 24 heavy (non-hydrogen) atoms. The minimum atomic E-state index is -0.182. The Bertz CT molecular complexity index is 1140. The Morgan fingerprint density at radius 1 is 1.17 bits per heavy atom. The maximum atomic E-state index is 13.0. The van der Waals surface area contributed by atoms with E-state index in [-0.39, 0.29) is 5.56 Å². The van der Waals surface area contributed by atoms with Gasteiger partial charge in [0.1, 0.15) is 11.6 Å². The first-order valence-electron chi connectivity index (χ1n) is 7.47. The highest BCUT2D eigenvalue weighted by atomic mass is 16.5. The van der Waals surface area contributed by atoms with Crippen molar-refractivity contribution in [3.05, 3.63) is 58.4 Å². The first kappa shape index (κ1) is 14.4. The molecule has 0 saturated carbocycles. The molecule has 0 atom stereocenters. The molecule has 0 unspecified atom stereocenters. The fraction of sp³-hybridized carbons (Fsp3) is 0.176. The van der Waals surface area contributed by atoms with E-state index in [1.54, 1.807) is 35.5 Å². The van der Waals surface area contributed by atoms with Gasteiger partial charge in [-0.1, -0.05) is 6.07 Å². The Kier molecular flexibility index (Phi) is 3.09. The van der Waals surface area contributed by atoms with Gasteiger partial charge in [0.05, 0.1) is 23.7 Å². The van der Waals surface area contributed by atoms with E-state index in [1.165, 1.54) is 0 Å². The lowest BCUT2D eigenvalue weighted by Crippen LogP contribution is -2.19. The van der Waals surface area contributed by atoms with Crippen LogP contribution >= 0.6 is 0 Å². The summed E-state index contributed by atoms with van der Waals surface area (Å²) < 4.78 is 8.54. The molecule has 3 aromatic heterocycles. The predicted molar refractivity (Wildman–Crippen MR) is 89.9 cm³/mol. The van der Waals surface area contributed by atoms with E-state index in [2.05, 4.69) is 15.1 Å². The van der Waals surface area contributed by atoms with Gasteiger partial charge in [-0.15, -0.1) is 5.10 Å². The summed E-state index contributed by atoms with van der Waals surface area (Å²) in [4.78, 5) is 21.4. The van der Waals surface area contributed by atoms with Crippen molar-refractivity contribution in [2.45, 2.75) is 13.8 Å². The second kappa shape index (κ2) is 5.16. The minimum absolute atomic E-state index is 0.182. The molecule has 4 rings (SSSR count). The van der Waals surface area contributed by atoms with Crippen molar-refractivity contribution in [1.29, 1.82) is 0 Å². The van der Waals surface area contributed by atoms with Crippen LogP contribution in [-0.4, -0.2) is 31.3 Å². The van der Waals surface area contributed by atoms with Gasteiger partial charge >= 0.3 is 0 Å². The lowest BCUT2D eigenvalue weighted by Gasteiger charge is -2.12. The van der Waals surface area contributed by atoms with E-state index in [0.29, 0.717) is 33.9 Å². The molecule has 0 saturated heterocycles. The molecule has 7 nitrogen and oxygen atoms in total. The molecule has 0 aliphatic rings. The zero-order chi connectivity index (χ0) is 16.8. The van der Waals surface area contributed by atoms with Crippen molar-refractivity contribution >= 4 is 16.7 Å². The number of methoxy groups -OCH3 is 1. The van der Waals surface area contributed by atoms with Gasteiger partial charge in [-0.2, -0.15) is 9.50 Å². The van der Waals surface area contributed by atoms with Crippen LogP contribution in [0.5, 0.6) is 5.75 Å². The van der Waals surface area contributed by atoms with Crippen molar-refractivity contribution in [3.63, 3.8) is 0 Å². The lowest BCUT2D eigenvalue weighted by molar-refractivity contribution is 0.412. The van der Waals surface area contributed by atoms with Crippen molar-refractivity contribution < 1.29 is 4.74 Å². The monoisotopic (exact) mass is 321 g/mol. The van der Waals surface area contributed by atoms with Crippen LogP contribution in [0.1, 0.15) is 11.4 Å². The molecular formula is C17H15N5O2. The molecule has 0 aliphatic carbocycles. The van der Waals surface area contributed by atoms with E-state index in [4.69, 9.17) is 4.74 Å². The first-order valence-corrected chi connectivity index (χ1v) is 7.47. The lowest BCUT2D eigenvalue weighted by atomic mass is 10.2. The Labute approximate surface area is 137 Å². The number of ether oxygens (including phenoxy) is 1. The number of pyridine rings is 1. The van der Waals surface area contributed by atoms with Crippen LogP contribution in [-0.2, 0) is 0 Å². The van der Waals surface area contributed by atoms with E-state index in [1.807, 2.05) is 31.2 Å². The zero-order valence-electron chi connectivity index (χ0n) is 13.5. The second-order valence-electron chi connectivity index (χ2n) is 5.59. The number of aryl methyl sites for hydroxylation is 2. The number of hydrogen-bond donors (Lipinski definition) is 0. The predicted octanol–water partition coefficient (Wildman–Crippen LogP) is 2.05. The van der Waals surface area contributed by atoms with E-state index in [9.17, 15) is 4.79 Å². The van der Waals surface area contributed by atoms with Crippen LogP contribution in [0.25, 0.3) is 22.4 Å². The Morgan fingerprint density at radius 2 is 2.00 bits per heavy atom. The maximum absolute atomic E-state index is 13.0. The molecular weight excluding hydrogens is 306 g/mol. The van der Waals surface area contributed by atoms with Gasteiger partial charge in [-0.3, -0.25) is 9.36 Å². The highest BCUT2D eigenvalue weighted by molar-refractivity contribution is 5.79. The first-order chi connectivity index (χ1) is 11.6. The van der Waals surface area contributed by atoms with E-state index in [0.717, 1.165) is 5.56 Å². The summed E-state index contributed by atoms with van der Waals surface area (Å²) in [7, 11) is 1.59. The molecule has 3 heterocycles. The third kappa shape index (κ3) is 2.05. The summed E-state index contributed by atoms with van der Waals surface area (Å²) >= 11 is 0. The number of aromatic nitrogens is 5. The quantitative estimate of drug-likeness (QED) is 0.565. The highest BCUT2D eigenvalue weighted by Gasteiger charge is 2.13. The number of nitrogens with zero attached hydrogens (tertiary/aromatic N) is 5. The summed E-state index contributed by atoms with van der Waals surface area (Å²) in [5, 5.41) is 4.77. The third-order valence-electron chi connectivity index (χ3n) is 3.93. The average Bonchev–Trinajstić information content (AvgIpc) is 2.96. The van der Waals surface area contributed by atoms with E-state index < -0.39 is 0 Å². The van der Waals surface area contributed by atoms with Gasteiger partial charge in [0, 0.05) is 12.4 Å². The van der Waals surface area contributed by atoms with Crippen LogP contribution in [0.3, 0.4) is 0 Å². The van der Waals surface area contributed by atoms with Crippen LogP contribution < -0.4 is 10.3 Å². The van der Waals surface area contributed by atoms with Crippen molar-refractivity contribution in [2.75, 3.05) is 7.11 Å². The Morgan fingerprint density at radius 3 is 2.79 bits per heavy atom. The van der Waals surface area contributed by atoms with Crippen LogP contribution in [0, 0.1) is 13.8 Å². The number of rotatable bonds is 2. The van der Waals surface area contributed by atoms with Gasteiger partial charge in [0.25, 0.3) is 11.3 Å². The van der Waals surface area contributed by atoms with Crippen molar-refractivity contribution in [3.8, 4) is 11.4 Å². The number of hydrogen-bond acceptors (Lipinski definition) is 5. The molecule has 0 amide bonds. The van der Waals surface area contributed by atoms with E-state index >= 15 is 0 Å². The summed E-state index contributed by atoms with van der Waals surface area (Å²) in [5.41, 5.74) is 2.23. The topological polar surface area (TPSA) is 74.3 Å². The summed E-state index contributed by atoms with van der Waals surface area (Å²) in [6.07, 6.45) is 3.26. The molecule has 0 spiro atoms. The molecule has 0 bridgehead atoms. The smallest absolute Gasteiger partial charge is 0.266 e. The van der Waals surface area contributed by atoms with Crippen LogP contribution in [0.4, 0.5) is 0 Å². The average molecular weight is 321 g/mol. The molecule has 0 radical (unpaired) electrons. The third-order valence-corrected chi connectivity index (χ3v) is 3.93. The Hall–Kier alpha value is -3.22. The molecule has 1 aromatic carbocycles. The molecule has 0 aliphatic heterocycles. The standard InChI is InChI=1S/C17H15N5O2/c1-10-4-5-15(24-3)14(8-10)21-7-6-13-12(16(21)23)9-18-17-19-11(2)20-22(13)17/h4-9H,1-3H3. The van der Waals surface area contributed by atoms with Gasteiger partial charge in [0.2, 0.25) is 0 Å². The normalized spacial score (nSPS) is 11.3. The largest absolute Gasteiger partial charge is 0.495 e. The fourth-order valence-electron chi connectivity index (χ4n) is 2.80. The van der Waals surface area contributed by atoms with Crippen LogP contribution in [0.15, 0.2) is 41.5 Å². The van der Waals surface area contributed by atoms with Gasteiger partial charge in [-0.05, 0) is 37.6 Å². The van der Waals surface area contributed by atoms with Crippen molar-refractivity contribution in [2.24, 2.45) is 0 Å². The van der Waals surface area contributed by atoms with Crippen LogP contribution in [0.2, 0.25) is 0 Å². The summed E-state index contributed by atoms with van der Waals surface area (Å²) in [6.45, 7) is 3.76. The molecule has 4 aromatic rings. The molecule has 0 fully saturated rings. The second-order valence-corrected chi connectivity index (χ2v) is 5.59. The number of benzene rings is 1. The minimum Gasteiger partial charge on any atom is -0.495 e. The Balaban J connectivity index is 2.05. The molecule has 120 valence electrons. The molecule has 0 N–H and O–H groups in total. The maximum Gasteiger partial charge on any atom is 0.266 e. The van der Waals surface area contributed by atoms with Gasteiger partial charge < -0.3 is 4.74 Å².